The van der Waals surface area contributed by atoms with E-state index in [1.807, 2.05) is 45.9 Å². The Morgan fingerprint density at radius 3 is 2.46 bits per heavy atom. The SMILES string of the molecule is CCCCN(CC)S(=O)(=O)c1ccc(C(=O)N(Cc2cccnc2)c2nc3cc(C)cc(C)c3s2)cc1. The molecular weight excluding hydrogens is 504 g/mol. The number of carbonyl (C=O) groups is 1. The highest BCUT2D eigenvalue weighted by Gasteiger charge is 2.25. The molecule has 2 aromatic heterocycles. The van der Waals surface area contributed by atoms with Gasteiger partial charge in [-0.05, 0) is 73.4 Å². The zero-order valence-electron chi connectivity index (χ0n) is 21.6. The Hall–Kier alpha value is -3.14. The van der Waals surface area contributed by atoms with Gasteiger partial charge < -0.3 is 0 Å². The summed E-state index contributed by atoms with van der Waals surface area (Å²) in [6, 6.07) is 14.1. The first kappa shape index (κ1) is 26.9. The average Bonchev–Trinajstić information content (AvgIpc) is 3.32. The quantitative estimate of drug-likeness (QED) is 0.249. The second-order valence-corrected chi connectivity index (χ2v) is 12.0. The molecule has 0 bridgehead atoms. The first-order chi connectivity index (χ1) is 17.7. The lowest BCUT2D eigenvalue weighted by Crippen LogP contribution is -2.32. The molecule has 0 aliphatic rings. The summed E-state index contributed by atoms with van der Waals surface area (Å²) in [6.45, 7) is 9.12. The summed E-state index contributed by atoms with van der Waals surface area (Å²) in [4.78, 5) is 24.6. The number of anilines is 1. The molecule has 1 amide bonds. The number of aryl methyl sites for hydroxylation is 2. The number of fused-ring (bicyclic) bond motifs is 1. The fraction of sp³-hybridized carbons (Fsp3) is 0.321. The van der Waals surface area contributed by atoms with Gasteiger partial charge in [0.25, 0.3) is 5.91 Å². The molecule has 0 aliphatic heterocycles. The average molecular weight is 537 g/mol. The molecule has 0 radical (unpaired) electrons. The topological polar surface area (TPSA) is 83.5 Å². The molecule has 0 unspecified atom stereocenters. The summed E-state index contributed by atoms with van der Waals surface area (Å²) in [5, 5.41) is 0.589. The highest BCUT2D eigenvalue weighted by molar-refractivity contribution is 7.89. The van der Waals surface area contributed by atoms with Gasteiger partial charge >= 0.3 is 0 Å². The van der Waals surface area contributed by atoms with Crippen molar-refractivity contribution in [3.8, 4) is 0 Å². The third-order valence-electron chi connectivity index (χ3n) is 6.20. The zero-order valence-corrected chi connectivity index (χ0v) is 23.3. The van der Waals surface area contributed by atoms with Crippen LogP contribution in [0.15, 0.2) is 65.8 Å². The van der Waals surface area contributed by atoms with Crippen LogP contribution in [0.3, 0.4) is 0 Å². The van der Waals surface area contributed by atoms with E-state index in [0.717, 1.165) is 39.7 Å². The first-order valence-corrected chi connectivity index (χ1v) is 14.7. The van der Waals surface area contributed by atoms with E-state index < -0.39 is 10.0 Å². The van der Waals surface area contributed by atoms with Crippen LogP contribution in [0.4, 0.5) is 5.13 Å². The van der Waals surface area contributed by atoms with Crippen LogP contribution < -0.4 is 4.90 Å². The van der Waals surface area contributed by atoms with Crippen LogP contribution in [0.2, 0.25) is 0 Å². The fourth-order valence-corrected chi connectivity index (χ4v) is 6.74. The number of pyridine rings is 1. The molecule has 0 saturated carbocycles. The molecule has 194 valence electrons. The molecule has 0 spiro atoms. The maximum atomic E-state index is 13.8. The Labute approximate surface area is 222 Å². The minimum atomic E-state index is -3.62. The van der Waals surface area contributed by atoms with E-state index in [1.165, 1.54) is 27.8 Å². The summed E-state index contributed by atoms with van der Waals surface area (Å²) < 4.78 is 28.8. The molecule has 0 N–H and O–H groups in total. The van der Waals surface area contributed by atoms with Gasteiger partial charge in [0, 0.05) is 31.0 Å². The molecular formula is C28H32N4O3S2. The Bertz CT molecular complexity index is 1480. The van der Waals surface area contributed by atoms with Crippen LogP contribution in [-0.2, 0) is 16.6 Å². The second kappa shape index (κ2) is 11.5. The van der Waals surface area contributed by atoms with Gasteiger partial charge in [-0.1, -0.05) is 43.7 Å². The van der Waals surface area contributed by atoms with E-state index in [0.29, 0.717) is 30.3 Å². The molecule has 0 saturated heterocycles. The number of thiazole rings is 1. The standard InChI is InChI=1S/C28H32N4O3S2/c1-5-7-15-31(6-2)37(34,35)24-12-10-23(11-13-24)27(33)32(19-22-9-8-14-29-18-22)28-30-25-17-20(3)16-21(4)26(25)36-28/h8-14,16-18H,5-7,15,19H2,1-4H3. The molecule has 4 aromatic rings. The predicted molar refractivity (Wildman–Crippen MR) is 150 cm³/mol. The largest absolute Gasteiger partial charge is 0.279 e. The molecule has 37 heavy (non-hydrogen) atoms. The van der Waals surface area contributed by atoms with Crippen molar-refractivity contribution in [2.24, 2.45) is 0 Å². The van der Waals surface area contributed by atoms with Crippen molar-refractivity contribution in [2.75, 3.05) is 18.0 Å². The molecule has 0 fully saturated rings. The van der Waals surface area contributed by atoms with Crippen molar-refractivity contribution in [1.29, 1.82) is 0 Å². The molecule has 4 rings (SSSR count). The number of carbonyl (C=O) groups excluding carboxylic acids is 1. The predicted octanol–water partition coefficient (Wildman–Crippen LogP) is 5.97. The highest BCUT2D eigenvalue weighted by atomic mass is 32.2. The number of unbranched alkanes of at least 4 members (excludes halogenated alkanes) is 1. The monoisotopic (exact) mass is 536 g/mol. The van der Waals surface area contributed by atoms with Crippen LogP contribution in [0.25, 0.3) is 10.2 Å². The Balaban J connectivity index is 1.69. The van der Waals surface area contributed by atoms with E-state index in [1.54, 1.807) is 29.4 Å². The van der Waals surface area contributed by atoms with E-state index in [2.05, 4.69) is 11.1 Å². The zero-order chi connectivity index (χ0) is 26.6. The summed E-state index contributed by atoms with van der Waals surface area (Å²) in [7, 11) is -3.62. The number of amides is 1. The third kappa shape index (κ3) is 5.89. The minimum absolute atomic E-state index is 0.187. The van der Waals surface area contributed by atoms with Crippen LogP contribution in [-0.4, -0.2) is 41.7 Å². The number of hydrogen-bond acceptors (Lipinski definition) is 6. The lowest BCUT2D eigenvalue weighted by molar-refractivity contribution is 0.0985. The van der Waals surface area contributed by atoms with Gasteiger partial charge in [0.05, 0.1) is 21.7 Å². The Kier molecular flexibility index (Phi) is 8.36. The van der Waals surface area contributed by atoms with E-state index >= 15 is 0 Å². The van der Waals surface area contributed by atoms with Gasteiger partial charge in [-0.15, -0.1) is 0 Å². The van der Waals surface area contributed by atoms with Gasteiger partial charge in [0.2, 0.25) is 10.0 Å². The number of rotatable bonds is 10. The van der Waals surface area contributed by atoms with Crippen molar-refractivity contribution >= 4 is 42.6 Å². The van der Waals surface area contributed by atoms with Gasteiger partial charge in [-0.2, -0.15) is 4.31 Å². The minimum Gasteiger partial charge on any atom is -0.279 e. The maximum Gasteiger partial charge on any atom is 0.260 e. The second-order valence-electron chi connectivity index (χ2n) is 9.05. The number of benzene rings is 2. The number of hydrogen-bond donors (Lipinski definition) is 0. The Morgan fingerprint density at radius 2 is 1.81 bits per heavy atom. The Morgan fingerprint density at radius 1 is 1.05 bits per heavy atom. The van der Waals surface area contributed by atoms with Gasteiger partial charge in [0.1, 0.15) is 0 Å². The molecule has 7 nitrogen and oxygen atoms in total. The summed E-state index contributed by atoms with van der Waals surface area (Å²) in [5.41, 5.74) is 4.35. The van der Waals surface area contributed by atoms with Crippen LogP contribution in [0.5, 0.6) is 0 Å². The molecule has 9 heteroatoms. The fourth-order valence-electron chi connectivity index (χ4n) is 4.24. The van der Waals surface area contributed by atoms with Crippen molar-refractivity contribution in [1.82, 2.24) is 14.3 Å². The van der Waals surface area contributed by atoms with E-state index in [9.17, 15) is 13.2 Å². The van der Waals surface area contributed by atoms with Gasteiger partial charge in [-0.3, -0.25) is 14.7 Å². The lowest BCUT2D eigenvalue weighted by atomic mass is 10.1. The van der Waals surface area contributed by atoms with Crippen molar-refractivity contribution in [3.05, 3.63) is 83.2 Å². The van der Waals surface area contributed by atoms with Gasteiger partial charge in [-0.25, -0.2) is 13.4 Å². The smallest absolute Gasteiger partial charge is 0.260 e. The summed E-state index contributed by atoms with van der Waals surface area (Å²) in [5.74, 6) is -0.250. The summed E-state index contributed by atoms with van der Waals surface area (Å²) >= 11 is 1.48. The van der Waals surface area contributed by atoms with Crippen LogP contribution >= 0.6 is 11.3 Å². The number of sulfonamides is 1. The van der Waals surface area contributed by atoms with Crippen molar-refractivity contribution in [3.63, 3.8) is 0 Å². The van der Waals surface area contributed by atoms with E-state index in [4.69, 9.17) is 4.98 Å². The maximum absolute atomic E-state index is 13.8. The van der Waals surface area contributed by atoms with Crippen LogP contribution in [0, 0.1) is 13.8 Å². The first-order valence-electron chi connectivity index (χ1n) is 12.4. The molecule has 0 atom stereocenters. The van der Waals surface area contributed by atoms with Crippen LogP contribution in [0.1, 0.15) is 53.7 Å². The van der Waals surface area contributed by atoms with E-state index in [-0.39, 0.29) is 10.8 Å². The normalized spacial score (nSPS) is 11.8. The lowest BCUT2D eigenvalue weighted by Gasteiger charge is -2.21. The number of aromatic nitrogens is 2. The summed E-state index contributed by atoms with van der Waals surface area (Å²) in [6.07, 6.45) is 5.14. The van der Waals surface area contributed by atoms with Crippen molar-refractivity contribution in [2.45, 2.75) is 52.0 Å². The molecule has 2 heterocycles. The highest BCUT2D eigenvalue weighted by Crippen LogP contribution is 2.33. The van der Waals surface area contributed by atoms with Gasteiger partial charge in [0.15, 0.2) is 5.13 Å². The van der Waals surface area contributed by atoms with Crippen molar-refractivity contribution < 1.29 is 13.2 Å². The number of nitrogens with zero attached hydrogens (tertiary/aromatic N) is 4. The molecule has 2 aromatic carbocycles. The molecule has 0 aliphatic carbocycles. The third-order valence-corrected chi connectivity index (χ3v) is 9.42.